The fourth-order valence-electron chi connectivity index (χ4n) is 1.57. The number of rotatable bonds is 2. The van der Waals surface area contributed by atoms with E-state index in [4.69, 9.17) is 4.74 Å². The molecule has 0 saturated carbocycles. The first kappa shape index (κ1) is 9.71. The average molecular weight is 199 g/mol. The fraction of sp³-hybridized carbons (Fsp3) is 0.154. The zero-order valence-corrected chi connectivity index (χ0v) is 8.90. The van der Waals surface area contributed by atoms with Crippen molar-refractivity contribution in [2.24, 2.45) is 0 Å². The molecule has 1 heterocycles. The molecule has 1 aromatic carbocycles. The SMILES string of the molecule is COc1ccc(-c2ccccn2)cc1C. The maximum Gasteiger partial charge on any atom is 0.121 e. The van der Waals surface area contributed by atoms with Crippen molar-refractivity contribution >= 4 is 0 Å². The van der Waals surface area contributed by atoms with Gasteiger partial charge in [-0.15, -0.1) is 0 Å². The monoisotopic (exact) mass is 199 g/mol. The Bertz CT molecular complexity index is 451. The number of aromatic nitrogens is 1. The van der Waals surface area contributed by atoms with Gasteiger partial charge >= 0.3 is 0 Å². The van der Waals surface area contributed by atoms with E-state index in [0.717, 1.165) is 22.6 Å². The largest absolute Gasteiger partial charge is 0.496 e. The Morgan fingerprint density at radius 1 is 1.13 bits per heavy atom. The van der Waals surface area contributed by atoms with Gasteiger partial charge in [0.25, 0.3) is 0 Å². The minimum Gasteiger partial charge on any atom is -0.496 e. The van der Waals surface area contributed by atoms with E-state index in [-0.39, 0.29) is 0 Å². The number of benzene rings is 1. The quantitative estimate of drug-likeness (QED) is 0.741. The third-order valence-electron chi connectivity index (χ3n) is 2.36. The lowest BCUT2D eigenvalue weighted by molar-refractivity contribution is 0.412. The smallest absolute Gasteiger partial charge is 0.121 e. The predicted molar refractivity (Wildman–Crippen MR) is 61.0 cm³/mol. The highest BCUT2D eigenvalue weighted by atomic mass is 16.5. The second-order valence-electron chi connectivity index (χ2n) is 3.40. The number of nitrogens with zero attached hydrogens (tertiary/aromatic N) is 1. The molecule has 15 heavy (non-hydrogen) atoms. The molecule has 2 aromatic rings. The summed E-state index contributed by atoms with van der Waals surface area (Å²) in [6, 6.07) is 12.0. The Balaban J connectivity index is 2.43. The van der Waals surface area contributed by atoms with E-state index in [1.54, 1.807) is 13.3 Å². The molecule has 0 amide bonds. The first-order valence-electron chi connectivity index (χ1n) is 4.87. The number of aryl methyl sites for hydroxylation is 1. The summed E-state index contributed by atoms with van der Waals surface area (Å²) >= 11 is 0. The number of hydrogen-bond acceptors (Lipinski definition) is 2. The molecule has 2 heteroatoms. The van der Waals surface area contributed by atoms with Crippen LogP contribution in [-0.4, -0.2) is 12.1 Å². The molecule has 1 aromatic heterocycles. The molecule has 2 nitrogen and oxygen atoms in total. The summed E-state index contributed by atoms with van der Waals surface area (Å²) in [5, 5.41) is 0. The minimum atomic E-state index is 0.912. The second-order valence-corrected chi connectivity index (χ2v) is 3.40. The van der Waals surface area contributed by atoms with Crippen LogP contribution < -0.4 is 4.74 Å². The van der Waals surface area contributed by atoms with Crippen molar-refractivity contribution < 1.29 is 4.74 Å². The molecule has 0 spiro atoms. The van der Waals surface area contributed by atoms with Gasteiger partial charge in [0.15, 0.2) is 0 Å². The zero-order valence-electron chi connectivity index (χ0n) is 8.90. The summed E-state index contributed by atoms with van der Waals surface area (Å²) < 4.78 is 5.22. The van der Waals surface area contributed by atoms with Gasteiger partial charge in [-0.05, 0) is 42.8 Å². The van der Waals surface area contributed by atoms with Gasteiger partial charge in [-0.1, -0.05) is 6.07 Å². The molecule has 0 aliphatic heterocycles. The summed E-state index contributed by atoms with van der Waals surface area (Å²) in [6.45, 7) is 2.03. The van der Waals surface area contributed by atoms with E-state index in [2.05, 4.69) is 11.1 Å². The van der Waals surface area contributed by atoms with Crippen molar-refractivity contribution in [3.05, 3.63) is 48.2 Å². The molecular weight excluding hydrogens is 186 g/mol. The molecule has 2 rings (SSSR count). The van der Waals surface area contributed by atoms with Crippen LogP contribution in [0.3, 0.4) is 0 Å². The molecule has 0 atom stereocenters. The Hall–Kier alpha value is -1.83. The number of hydrogen-bond donors (Lipinski definition) is 0. The van der Waals surface area contributed by atoms with Gasteiger partial charge in [0.05, 0.1) is 12.8 Å². The highest BCUT2D eigenvalue weighted by molar-refractivity contribution is 5.61. The van der Waals surface area contributed by atoms with Gasteiger partial charge in [0.1, 0.15) is 5.75 Å². The van der Waals surface area contributed by atoms with Crippen LogP contribution in [-0.2, 0) is 0 Å². The highest BCUT2D eigenvalue weighted by Gasteiger charge is 2.02. The maximum atomic E-state index is 5.22. The molecule has 0 fully saturated rings. The Labute approximate surface area is 89.6 Å². The normalized spacial score (nSPS) is 10.0. The summed E-state index contributed by atoms with van der Waals surface area (Å²) in [5.41, 5.74) is 3.23. The van der Waals surface area contributed by atoms with E-state index in [1.165, 1.54) is 0 Å². The van der Waals surface area contributed by atoms with Gasteiger partial charge in [0.2, 0.25) is 0 Å². The van der Waals surface area contributed by atoms with Gasteiger partial charge < -0.3 is 4.74 Å². The number of pyridine rings is 1. The van der Waals surface area contributed by atoms with E-state index < -0.39 is 0 Å². The van der Waals surface area contributed by atoms with Crippen LogP contribution in [0.5, 0.6) is 5.75 Å². The second kappa shape index (κ2) is 4.13. The van der Waals surface area contributed by atoms with E-state index in [0.29, 0.717) is 0 Å². The molecule has 0 radical (unpaired) electrons. The van der Waals surface area contributed by atoms with Gasteiger partial charge in [0, 0.05) is 11.8 Å². The van der Waals surface area contributed by atoms with E-state index in [1.807, 2.05) is 37.3 Å². The van der Waals surface area contributed by atoms with Crippen LogP contribution in [0, 0.1) is 6.92 Å². The van der Waals surface area contributed by atoms with Crippen LogP contribution in [0.2, 0.25) is 0 Å². The van der Waals surface area contributed by atoms with Crippen LogP contribution in [0.4, 0.5) is 0 Å². The minimum absolute atomic E-state index is 0.912. The summed E-state index contributed by atoms with van der Waals surface area (Å²) in [4.78, 5) is 4.30. The summed E-state index contributed by atoms with van der Waals surface area (Å²) in [6.07, 6.45) is 1.80. The van der Waals surface area contributed by atoms with Crippen LogP contribution in [0.1, 0.15) is 5.56 Å². The van der Waals surface area contributed by atoms with Gasteiger partial charge in [-0.2, -0.15) is 0 Å². The highest BCUT2D eigenvalue weighted by Crippen LogP contribution is 2.24. The van der Waals surface area contributed by atoms with Crippen LogP contribution in [0.15, 0.2) is 42.6 Å². The molecule has 0 bridgehead atoms. The van der Waals surface area contributed by atoms with E-state index in [9.17, 15) is 0 Å². The Kier molecular flexibility index (Phi) is 2.68. The molecule has 0 N–H and O–H groups in total. The first-order valence-corrected chi connectivity index (χ1v) is 4.87. The molecule has 0 aliphatic carbocycles. The van der Waals surface area contributed by atoms with E-state index >= 15 is 0 Å². The molecule has 76 valence electrons. The van der Waals surface area contributed by atoms with Crippen molar-refractivity contribution in [1.82, 2.24) is 4.98 Å². The third-order valence-corrected chi connectivity index (χ3v) is 2.36. The number of ether oxygens (including phenoxy) is 1. The van der Waals surface area contributed by atoms with Crippen LogP contribution in [0.25, 0.3) is 11.3 Å². The lowest BCUT2D eigenvalue weighted by Gasteiger charge is -2.06. The maximum absolute atomic E-state index is 5.22. The summed E-state index contributed by atoms with van der Waals surface area (Å²) in [7, 11) is 1.68. The lowest BCUT2D eigenvalue weighted by Crippen LogP contribution is -1.88. The topological polar surface area (TPSA) is 22.1 Å². The Morgan fingerprint density at radius 3 is 2.60 bits per heavy atom. The van der Waals surface area contributed by atoms with Crippen molar-refractivity contribution in [3.8, 4) is 17.0 Å². The van der Waals surface area contributed by atoms with Crippen LogP contribution >= 0.6 is 0 Å². The molecular formula is C13H13NO. The van der Waals surface area contributed by atoms with Gasteiger partial charge in [-0.25, -0.2) is 0 Å². The predicted octanol–water partition coefficient (Wildman–Crippen LogP) is 3.07. The first-order chi connectivity index (χ1) is 7.31. The lowest BCUT2D eigenvalue weighted by atomic mass is 10.1. The van der Waals surface area contributed by atoms with Gasteiger partial charge in [-0.3, -0.25) is 4.98 Å². The molecule has 0 unspecified atom stereocenters. The van der Waals surface area contributed by atoms with Crippen molar-refractivity contribution in [1.29, 1.82) is 0 Å². The van der Waals surface area contributed by atoms with Crippen molar-refractivity contribution in [3.63, 3.8) is 0 Å². The fourth-order valence-corrected chi connectivity index (χ4v) is 1.57. The average Bonchev–Trinajstić information content (AvgIpc) is 2.30. The zero-order chi connectivity index (χ0) is 10.7. The van der Waals surface area contributed by atoms with Crippen molar-refractivity contribution in [2.45, 2.75) is 6.92 Å². The van der Waals surface area contributed by atoms with Crippen molar-refractivity contribution in [2.75, 3.05) is 7.11 Å². The Morgan fingerprint density at radius 2 is 2.00 bits per heavy atom. The number of methoxy groups -OCH3 is 1. The third kappa shape index (κ3) is 1.99. The summed E-state index contributed by atoms with van der Waals surface area (Å²) in [5.74, 6) is 0.912. The molecule has 0 aliphatic rings. The molecule has 0 saturated heterocycles. The standard InChI is InChI=1S/C13H13NO/c1-10-9-11(6-7-13(10)15-2)12-5-3-4-8-14-12/h3-9H,1-2H3.